The van der Waals surface area contributed by atoms with E-state index in [1.807, 2.05) is 24.9 Å². The predicted molar refractivity (Wildman–Crippen MR) is 84.9 cm³/mol. The average molecular weight is 287 g/mol. The number of hydrogen-bond donors (Lipinski definition) is 1. The molecule has 0 unspecified atom stereocenters. The monoisotopic (exact) mass is 287 g/mol. The van der Waals surface area contributed by atoms with Gasteiger partial charge in [0.25, 0.3) is 0 Å². The Morgan fingerprint density at radius 1 is 1.19 bits per heavy atom. The molecule has 0 atom stereocenters. The third kappa shape index (κ3) is 4.53. The number of benzene rings is 1. The molecule has 0 fully saturated rings. The van der Waals surface area contributed by atoms with Gasteiger partial charge in [-0.05, 0) is 48.9 Å². The lowest BCUT2D eigenvalue weighted by molar-refractivity contribution is 0.625. The normalized spacial score (nSPS) is 10.7. The van der Waals surface area contributed by atoms with Gasteiger partial charge in [0, 0.05) is 25.8 Å². The van der Waals surface area contributed by atoms with Gasteiger partial charge in [0.1, 0.15) is 11.6 Å². The SMILES string of the molecule is CCNCc1cc(C)nc(N(C)Cc2cccc(F)c2)c1. The molecule has 0 saturated carbocycles. The predicted octanol–water partition coefficient (Wildman–Crippen LogP) is 3.28. The Morgan fingerprint density at radius 2 is 2.00 bits per heavy atom. The molecule has 0 bridgehead atoms. The summed E-state index contributed by atoms with van der Waals surface area (Å²) in [5, 5.41) is 3.32. The summed E-state index contributed by atoms with van der Waals surface area (Å²) in [6, 6.07) is 10.8. The van der Waals surface area contributed by atoms with Crippen LogP contribution in [0.3, 0.4) is 0 Å². The smallest absolute Gasteiger partial charge is 0.129 e. The zero-order chi connectivity index (χ0) is 15.2. The van der Waals surface area contributed by atoms with Crippen LogP contribution in [0.5, 0.6) is 0 Å². The minimum Gasteiger partial charge on any atom is -0.355 e. The van der Waals surface area contributed by atoms with Gasteiger partial charge in [0.15, 0.2) is 0 Å². The molecule has 1 aromatic heterocycles. The van der Waals surface area contributed by atoms with Crippen LogP contribution in [0.25, 0.3) is 0 Å². The fourth-order valence-electron chi connectivity index (χ4n) is 2.28. The lowest BCUT2D eigenvalue weighted by Crippen LogP contribution is -2.19. The van der Waals surface area contributed by atoms with Gasteiger partial charge in [-0.25, -0.2) is 9.37 Å². The summed E-state index contributed by atoms with van der Waals surface area (Å²) in [6.07, 6.45) is 0. The van der Waals surface area contributed by atoms with Crippen LogP contribution in [0.15, 0.2) is 36.4 Å². The molecule has 0 aliphatic rings. The second-order valence-electron chi connectivity index (χ2n) is 5.24. The molecular weight excluding hydrogens is 265 g/mol. The minimum atomic E-state index is -0.203. The highest BCUT2D eigenvalue weighted by atomic mass is 19.1. The third-order valence-electron chi connectivity index (χ3n) is 3.28. The fourth-order valence-corrected chi connectivity index (χ4v) is 2.28. The van der Waals surface area contributed by atoms with Crippen LogP contribution in [-0.2, 0) is 13.1 Å². The van der Waals surface area contributed by atoms with E-state index in [0.29, 0.717) is 6.54 Å². The van der Waals surface area contributed by atoms with Crippen molar-refractivity contribution in [3.63, 3.8) is 0 Å². The molecule has 1 N–H and O–H groups in total. The number of rotatable bonds is 6. The summed E-state index contributed by atoms with van der Waals surface area (Å²) in [7, 11) is 1.98. The maximum atomic E-state index is 13.2. The van der Waals surface area contributed by atoms with Crippen molar-refractivity contribution < 1.29 is 4.39 Å². The first-order valence-electron chi connectivity index (χ1n) is 7.22. The van der Waals surface area contributed by atoms with Crippen molar-refractivity contribution in [2.24, 2.45) is 0 Å². The maximum absolute atomic E-state index is 13.2. The Labute approximate surface area is 125 Å². The Balaban J connectivity index is 2.14. The van der Waals surface area contributed by atoms with E-state index in [1.54, 1.807) is 12.1 Å². The second kappa shape index (κ2) is 7.18. The number of aryl methyl sites for hydroxylation is 1. The van der Waals surface area contributed by atoms with Gasteiger partial charge in [-0.2, -0.15) is 0 Å². The summed E-state index contributed by atoms with van der Waals surface area (Å²) in [6.45, 7) is 6.49. The van der Waals surface area contributed by atoms with Crippen molar-refractivity contribution in [1.82, 2.24) is 10.3 Å². The molecule has 2 rings (SSSR count). The summed E-state index contributed by atoms with van der Waals surface area (Å²) in [5.74, 6) is 0.707. The molecule has 21 heavy (non-hydrogen) atoms. The van der Waals surface area contributed by atoms with Gasteiger partial charge in [-0.1, -0.05) is 19.1 Å². The Hall–Kier alpha value is -1.94. The molecular formula is C17H22FN3. The van der Waals surface area contributed by atoms with Gasteiger partial charge in [0.2, 0.25) is 0 Å². The van der Waals surface area contributed by atoms with Crippen LogP contribution in [0.1, 0.15) is 23.7 Å². The topological polar surface area (TPSA) is 28.2 Å². The Bertz CT molecular complexity index is 598. The van der Waals surface area contributed by atoms with Crippen LogP contribution in [0.4, 0.5) is 10.2 Å². The molecule has 0 aliphatic carbocycles. The molecule has 3 nitrogen and oxygen atoms in total. The molecule has 0 aliphatic heterocycles. The molecule has 112 valence electrons. The summed E-state index contributed by atoms with van der Waals surface area (Å²) < 4.78 is 13.2. The van der Waals surface area contributed by atoms with E-state index >= 15 is 0 Å². The number of halogens is 1. The molecule has 0 spiro atoms. The van der Waals surface area contributed by atoms with Crippen molar-refractivity contribution in [3.8, 4) is 0 Å². The van der Waals surface area contributed by atoms with E-state index in [1.165, 1.54) is 11.6 Å². The number of anilines is 1. The van der Waals surface area contributed by atoms with E-state index in [4.69, 9.17) is 0 Å². The van der Waals surface area contributed by atoms with Gasteiger partial charge in [-0.3, -0.25) is 0 Å². The number of hydrogen-bond acceptors (Lipinski definition) is 3. The first kappa shape index (κ1) is 15.4. The van der Waals surface area contributed by atoms with E-state index in [9.17, 15) is 4.39 Å². The first-order valence-corrected chi connectivity index (χ1v) is 7.22. The quantitative estimate of drug-likeness (QED) is 0.884. The molecule has 2 aromatic rings. The molecule has 0 radical (unpaired) electrons. The van der Waals surface area contributed by atoms with Crippen molar-refractivity contribution in [2.75, 3.05) is 18.5 Å². The van der Waals surface area contributed by atoms with E-state index in [0.717, 1.165) is 30.2 Å². The van der Waals surface area contributed by atoms with Gasteiger partial charge < -0.3 is 10.2 Å². The van der Waals surface area contributed by atoms with Crippen LogP contribution in [-0.4, -0.2) is 18.6 Å². The van der Waals surface area contributed by atoms with E-state index in [-0.39, 0.29) is 5.82 Å². The number of nitrogens with one attached hydrogen (secondary N) is 1. The standard InChI is InChI=1S/C17H22FN3/c1-4-19-11-15-8-13(2)20-17(10-15)21(3)12-14-6-5-7-16(18)9-14/h5-10,19H,4,11-12H2,1-3H3. The van der Waals surface area contributed by atoms with Crippen molar-refractivity contribution in [1.29, 1.82) is 0 Å². The molecule has 1 heterocycles. The van der Waals surface area contributed by atoms with Crippen molar-refractivity contribution in [2.45, 2.75) is 26.9 Å². The highest BCUT2D eigenvalue weighted by Gasteiger charge is 2.07. The number of aromatic nitrogens is 1. The Kier molecular flexibility index (Phi) is 5.28. The summed E-state index contributed by atoms with van der Waals surface area (Å²) >= 11 is 0. The van der Waals surface area contributed by atoms with E-state index in [2.05, 4.69) is 29.4 Å². The van der Waals surface area contributed by atoms with Crippen molar-refractivity contribution >= 4 is 5.82 Å². The average Bonchev–Trinajstić information content (AvgIpc) is 2.44. The van der Waals surface area contributed by atoms with Crippen LogP contribution >= 0.6 is 0 Å². The highest BCUT2D eigenvalue weighted by molar-refractivity contribution is 5.42. The van der Waals surface area contributed by atoms with Crippen LogP contribution < -0.4 is 10.2 Å². The zero-order valence-corrected chi connectivity index (χ0v) is 12.9. The number of nitrogens with zero attached hydrogens (tertiary/aromatic N) is 2. The largest absolute Gasteiger partial charge is 0.355 e. The van der Waals surface area contributed by atoms with Crippen LogP contribution in [0, 0.1) is 12.7 Å². The van der Waals surface area contributed by atoms with Gasteiger partial charge in [0.05, 0.1) is 0 Å². The van der Waals surface area contributed by atoms with Crippen LogP contribution in [0.2, 0.25) is 0 Å². The maximum Gasteiger partial charge on any atom is 0.129 e. The lowest BCUT2D eigenvalue weighted by Gasteiger charge is -2.20. The third-order valence-corrected chi connectivity index (χ3v) is 3.28. The second-order valence-corrected chi connectivity index (χ2v) is 5.24. The first-order chi connectivity index (χ1) is 10.1. The lowest BCUT2D eigenvalue weighted by atomic mass is 10.2. The minimum absolute atomic E-state index is 0.203. The molecule has 1 aromatic carbocycles. The van der Waals surface area contributed by atoms with E-state index < -0.39 is 0 Å². The highest BCUT2D eigenvalue weighted by Crippen LogP contribution is 2.16. The zero-order valence-electron chi connectivity index (χ0n) is 12.9. The molecule has 0 amide bonds. The van der Waals surface area contributed by atoms with Gasteiger partial charge in [-0.15, -0.1) is 0 Å². The summed E-state index contributed by atoms with van der Waals surface area (Å²) in [4.78, 5) is 6.60. The van der Waals surface area contributed by atoms with Gasteiger partial charge >= 0.3 is 0 Å². The Morgan fingerprint density at radius 3 is 2.71 bits per heavy atom. The number of pyridine rings is 1. The summed E-state index contributed by atoms with van der Waals surface area (Å²) in [5.41, 5.74) is 3.14. The molecule has 4 heteroatoms. The molecule has 0 saturated heterocycles. The fraction of sp³-hybridized carbons (Fsp3) is 0.353. The van der Waals surface area contributed by atoms with Crippen molar-refractivity contribution in [3.05, 3.63) is 59.0 Å².